The van der Waals surface area contributed by atoms with E-state index in [0.29, 0.717) is 0 Å². The van der Waals surface area contributed by atoms with Crippen LogP contribution < -0.4 is 0 Å². The molecule has 0 saturated carbocycles. The SMILES string of the molecule is CC#N.O.O.O.O.O.O.O.O.O.O.O.O.O.O.O.O.O.O.O.O.O.O.O.O.O.O.O.O.O.O.O.O.O.O.O.O.O.O.O.O.O.O.O.O.O.O.O.O.O.O. The molecule has 0 heterocycles. The Morgan fingerprint density at radius 2 is 0.132 bits per heavy atom. The Labute approximate surface area is 294 Å². The Kier molecular flexibility index (Phi) is 458000000. The van der Waals surface area contributed by atoms with Gasteiger partial charge >= 0.3 is 0 Å². The summed E-state index contributed by atoms with van der Waals surface area (Å²) < 4.78 is 0. The van der Waals surface area contributed by atoms with Crippen molar-refractivity contribution in [2.75, 3.05) is 0 Å². The largest absolute Gasteiger partial charge is 0.412 e. The standard InChI is InChI=1S/C2H3N.50H2O/c1-2-3;;;;;;;;;;;;;;;;;;;;;;;;;;;;;;;;;;;;;;;;;;;;;;;;;;/h1H3;50*1H2. The maximum absolute atomic E-state index is 7.32. The quantitative estimate of drug-likeness (QED) is 0.224. The Balaban J connectivity index is -0.0000000000163. The fourth-order valence-electron chi connectivity index (χ4n) is 0. The summed E-state index contributed by atoms with van der Waals surface area (Å²) in [6.45, 7) is 1.43. The second kappa shape index (κ2) is 51000. The van der Waals surface area contributed by atoms with Crippen molar-refractivity contribution in [3.8, 4) is 6.07 Å². The first kappa shape index (κ1) is 475000. The van der Waals surface area contributed by atoms with E-state index in [4.69, 9.17) is 5.26 Å². The summed E-state index contributed by atoms with van der Waals surface area (Å²) in [6.07, 6.45) is 0. The van der Waals surface area contributed by atoms with Gasteiger partial charge in [-0.3, -0.25) is 0 Å². The number of nitriles is 1. The highest BCUT2D eigenvalue weighted by Gasteiger charge is 1.17. The molecule has 0 saturated heterocycles. The molecule has 0 unspecified atom stereocenters. The minimum absolute atomic E-state index is 0. The Morgan fingerprint density at radius 1 is 0.132 bits per heavy atom. The third-order valence-electron chi connectivity index (χ3n) is 0. The van der Waals surface area contributed by atoms with E-state index in [1.807, 2.05) is 0 Å². The van der Waals surface area contributed by atoms with Gasteiger partial charge in [0.2, 0.25) is 0 Å². The minimum atomic E-state index is 0. The van der Waals surface area contributed by atoms with Crippen LogP contribution in [0, 0.1) is 11.3 Å². The van der Waals surface area contributed by atoms with Crippen LogP contribution >= 0.6 is 0 Å². The Morgan fingerprint density at radius 3 is 0.132 bits per heavy atom. The molecule has 0 amide bonds. The first-order chi connectivity index (χ1) is 1.41. The first-order valence-electron chi connectivity index (χ1n) is 0.724. The second-order valence-corrected chi connectivity index (χ2v) is 0.224. The Hall–Kier alpha value is -2.51. The molecule has 0 atom stereocenters. The summed E-state index contributed by atoms with van der Waals surface area (Å²) in [6, 6.07) is 1.75. The van der Waals surface area contributed by atoms with Crippen LogP contribution in [-0.4, -0.2) is 274 Å². The van der Waals surface area contributed by atoms with Gasteiger partial charge in [-0.25, -0.2) is 0 Å². The molecule has 0 aliphatic heterocycles. The van der Waals surface area contributed by atoms with Crippen molar-refractivity contribution in [3.05, 3.63) is 0 Å². The van der Waals surface area contributed by atoms with Gasteiger partial charge in [-0.15, -0.1) is 0 Å². The topological polar surface area (TPSA) is 1600 Å². The Bertz CT molecular complexity index is 40.9. The number of rotatable bonds is 0. The fraction of sp³-hybridized carbons (Fsp3) is 0.500. The highest BCUT2D eigenvalue weighted by atomic mass is 16.0. The van der Waals surface area contributed by atoms with Gasteiger partial charge in [0, 0.05) is 6.92 Å². The molecule has 53 heavy (non-hydrogen) atoms. The third kappa shape index (κ3) is 17700. The van der Waals surface area contributed by atoms with Gasteiger partial charge in [0.25, 0.3) is 0 Å². The van der Waals surface area contributed by atoms with E-state index in [1.54, 1.807) is 6.07 Å². The summed E-state index contributed by atoms with van der Waals surface area (Å²) in [4.78, 5) is 0. The van der Waals surface area contributed by atoms with Crippen molar-refractivity contribution in [3.63, 3.8) is 0 Å². The van der Waals surface area contributed by atoms with Crippen LogP contribution in [0.4, 0.5) is 0 Å². The zero-order valence-corrected chi connectivity index (χ0v) is 26.9. The monoisotopic (exact) mass is 942 g/mol. The summed E-state index contributed by atoms with van der Waals surface area (Å²) in [7, 11) is 0. The predicted molar refractivity (Wildman–Crippen MR) is 192 cm³/mol. The van der Waals surface area contributed by atoms with Gasteiger partial charge in [-0.05, 0) is 0 Å². The highest BCUT2D eigenvalue weighted by molar-refractivity contribution is 4.51. The molecule has 0 fully saturated rings. The van der Waals surface area contributed by atoms with E-state index in [9.17, 15) is 0 Å². The van der Waals surface area contributed by atoms with E-state index < -0.39 is 0 Å². The van der Waals surface area contributed by atoms with Crippen LogP contribution in [0.5, 0.6) is 0 Å². The zero-order chi connectivity index (χ0) is 2.71. The third-order valence-corrected chi connectivity index (χ3v) is 0. The van der Waals surface area contributed by atoms with E-state index in [1.165, 1.54) is 6.92 Å². The van der Waals surface area contributed by atoms with Gasteiger partial charge in [0.1, 0.15) is 0 Å². The average molecular weight is 942 g/mol. The van der Waals surface area contributed by atoms with Crippen LogP contribution in [-0.2, 0) is 0 Å². The van der Waals surface area contributed by atoms with Crippen molar-refractivity contribution in [1.29, 1.82) is 5.26 Å². The van der Waals surface area contributed by atoms with Crippen LogP contribution in [0.15, 0.2) is 0 Å². The summed E-state index contributed by atoms with van der Waals surface area (Å²) in [5.41, 5.74) is 0. The van der Waals surface area contributed by atoms with Crippen LogP contribution in [0.3, 0.4) is 0 Å². The highest BCUT2D eigenvalue weighted by Crippen LogP contribution is 1.21. The lowest BCUT2D eigenvalue weighted by Gasteiger charge is -1.15. The van der Waals surface area contributed by atoms with Gasteiger partial charge in [0.05, 0.1) is 6.07 Å². The molecule has 0 aliphatic rings. The smallest absolute Gasteiger partial charge is 0.0587 e. The molecule has 100 N–H and O–H groups in total. The molecule has 51 heteroatoms. The lowest BCUT2D eigenvalue weighted by Crippen LogP contribution is -1.10. The molecule has 416 valence electrons. The van der Waals surface area contributed by atoms with Crippen molar-refractivity contribution in [1.82, 2.24) is 0 Å². The van der Waals surface area contributed by atoms with Crippen LogP contribution in [0.1, 0.15) is 6.92 Å². The molecule has 0 radical (unpaired) electrons. The molecule has 51 nitrogen and oxygen atoms in total. The van der Waals surface area contributed by atoms with Crippen molar-refractivity contribution < 1.29 is 274 Å². The number of hydrogen-bond donors (Lipinski definition) is 0. The summed E-state index contributed by atoms with van der Waals surface area (Å²) in [5, 5.41) is 7.32. The molecule has 0 bridgehead atoms. The summed E-state index contributed by atoms with van der Waals surface area (Å²) >= 11 is 0. The van der Waals surface area contributed by atoms with Crippen molar-refractivity contribution >= 4 is 0 Å². The molecule has 0 spiro atoms. The van der Waals surface area contributed by atoms with Gasteiger partial charge < -0.3 is 274 Å². The van der Waals surface area contributed by atoms with Crippen molar-refractivity contribution in [2.24, 2.45) is 0 Å². The second-order valence-electron chi connectivity index (χ2n) is 0.224. The molecular formula is C2H103NO50. The van der Waals surface area contributed by atoms with Crippen molar-refractivity contribution in [2.45, 2.75) is 6.92 Å². The molecule has 0 rings (SSSR count). The van der Waals surface area contributed by atoms with E-state index >= 15 is 0 Å². The van der Waals surface area contributed by atoms with E-state index in [2.05, 4.69) is 0 Å². The predicted octanol–water partition coefficient (Wildman–Crippen LogP) is -40.7. The molecule has 0 aliphatic carbocycles. The molecule has 0 aromatic rings. The molecule has 0 aromatic heterocycles. The normalized spacial score (nSPS) is 0.151. The lowest BCUT2D eigenvalue weighted by molar-refractivity contribution is 0.823. The minimum Gasteiger partial charge on any atom is -0.412 e. The maximum Gasteiger partial charge on any atom is 0.0587 e. The van der Waals surface area contributed by atoms with E-state index in [-0.39, 0.29) is 274 Å². The number of hydrogen-bond acceptors (Lipinski definition) is 1. The maximum atomic E-state index is 7.32. The molecule has 0 aromatic carbocycles. The number of nitrogens with zero attached hydrogens (tertiary/aromatic N) is 1. The van der Waals surface area contributed by atoms with E-state index in [0.717, 1.165) is 0 Å². The lowest BCUT2D eigenvalue weighted by atomic mass is 11.0. The summed E-state index contributed by atoms with van der Waals surface area (Å²) in [5.74, 6) is 0. The first-order valence-corrected chi connectivity index (χ1v) is 0.724. The van der Waals surface area contributed by atoms with Crippen LogP contribution in [0.2, 0.25) is 0 Å². The zero-order valence-electron chi connectivity index (χ0n) is 26.9. The molecular weight excluding hydrogens is 838 g/mol. The van der Waals surface area contributed by atoms with Crippen LogP contribution in [0.25, 0.3) is 0 Å². The van der Waals surface area contributed by atoms with Gasteiger partial charge in [0.15, 0.2) is 0 Å². The van der Waals surface area contributed by atoms with Gasteiger partial charge in [-0.2, -0.15) is 5.26 Å². The average Bonchev–Trinajstić information content (AvgIpc) is 0.918. The van der Waals surface area contributed by atoms with Gasteiger partial charge in [-0.1, -0.05) is 0 Å². The fourth-order valence-corrected chi connectivity index (χ4v) is 0.